The van der Waals surface area contributed by atoms with Gasteiger partial charge in [0.05, 0.1) is 5.92 Å². The Morgan fingerprint density at radius 1 is 1.16 bits per heavy atom. The van der Waals surface area contributed by atoms with Crippen molar-refractivity contribution in [3.05, 3.63) is 35.9 Å². The van der Waals surface area contributed by atoms with Gasteiger partial charge in [0, 0.05) is 38.1 Å². The molecule has 0 radical (unpaired) electrons. The molecule has 0 saturated carbocycles. The maximum Gasteiger partial charge on any atom is 0.224 e. The SMILES string of the molecule is O=C(NCCN1CCCC1=O)[C@H]1C[C@@H](c2ccccc2)N2CCC[C@H]12. The van der Waals surface area contributed by atoms with Crippen molar-refractivity contribution < 1.29 is 9.59 Å². The summed E-state index contributed by atoms with van der Waals surface area (Å²) >= 11 is 0. The number of likely N-dealkylation sites (tertiary alicyclic amines) is 1. The minimum atomic E-state index is 0.0713. The Bertz CT molecular complexity index is 633. The van der Waals surface area contributed by atoms with E-state index in [4.69, 9.17) is 0 Å². The third-order valence-corrected chi connectivity index (χ3v) is 6.06. The summed E-state index contributed by atoms with van der Waals surface area (Å²) < 4.78 is 0. The topological polar surface area (TPSA) is 52.7 Å². The Morgan fingerprint density at radius 3 is 2.76 bits per heavy atom. The van der Waals surface area contributed by atoms with E-state index in [1.807, 2.05) is 11.0 Å². The highest BCUT2D eigenvalue weighted by Crippen LogP contribution is 2.44. The number of rotatable bonds is 5. The van der Waals surface area contributed by atoms with Gasteiger partial charge in [-0.1, -0.05) is 30.3 Å². The Kier molecular flexibility index (Phi) is 4.75. The van der Waals surface area contributed by atoms with Crippen LogP contribution < -0.4 is 5.32 Å². The van der Waals surface area contributed by atoms with E-state index in [0.717, 1.165) is 32.4 Å². The zero-order valence-electron chi connectivity index (χ0n) is 14.7. The Morgan fingerprint density at radius 2 is 2.00 bits per heavy atom. The molecule has 3 atom stereocenters. The monoisotopic (exact) mass is 341 g/mol. The number of hydrogen-bond donors (Lipinski definition) is 1. The van der Waals surface area contributed by atoms with Crippen LogP contribution in [0.4, 0.5) is 0 Å². The van der Waals surface area contributed by atoms with Gasteiger partial charge in [-0.15, -0.1) is 0 Å². The molecule has 0 unspecified atom stereocenters. The van der Waals surface area contributed by atoms with Gasteiger partial charge in [-0.25, -0.2) is 0 Å². The zero-order chi connectivity index (χ0) is 17.2. The molecule has 3 fully saturated rings. The second-order valence-electron chi connectivity index (χ2n) is 7.49. The van der Waals surface area contributed by atoms with E-state index in [0.29, 0.717) is 31.6 Å². The van der Waals surface area contributed by atoms with Gasteiger partial charge in [-0.3, -0.25) is 14.5 Å². The standard InChI is InChI=1S/C20H27N3O2/c24-19-9-5-11-22(19)13-10-21-20(25)16-14-18(15-6-2-1-3-7-15)23-12-4-8-17(16)23/h1-3,6-7,16-18H,4-5,8-14H2,(H,21,25)/t16-,17+,18-/m0/s1. The van der Waals surface area contributed by atoms with Crippen molar-refractivity contribution in [3.63, 3.8) is 0 Å². The molecule has 5 heteroatoms. The number of fused-ring (bicyclic) bond motifs is 1. The van der Waals surface area contributed by atoms with Crippen molar-refractivity contribution in [2.75, 3.05) is 26.2 Å². The highest BCUT2D eigenvalue weighted by atomic mass is 16.2. The molecule has 3 aliphatic rings. The van der Waals surface area contributed by atoms with Gasteiger partial charge >= 0.3 is 0 Å². The van der Waals surface area contributed by atoms with Gasteiger partial charge in [0.1, 0.15) is 0 Å². The second-order valence-corrected chi connectivity index (χ2v) is 7.49. The molecule has 2 amide bonds. The number of carbonyl (C=O) groups excluding carboxylic acids is 2. The first kappa shape index (κ1) is 16.6. The van der Waals surface area contributed by atoms with Gasteiger partial charge in [0.15, 0.2) is 0 Å². The molecule has 3 aliphatic heterocycles. The minimum absolute atomic E-state index is 0.0713. The van der Waals surface area contributed by atoms with Crippen LogP contribution in [0.25, 0.3) is 0 Å². The van der Waals surface area contributed by atoms with E-state index in [9.17, 15) is 9.59 Å². The quantitative estimate of drug-likeness (QED) is 0.891. The minimum Gasteiger partial charge on any atom is -0.354 e. The van der Waals surface area contributed by atoms with Crippen molar-refractivity contribution in [1.82, 2.24) is 15.1 Å². The largest absolute Gasteiger partial charge is 0.354 e. The summed E-state index contributed by atoms with van der Waals surface area (Å²) in [6.07, 6.45) is 4.81. The summed E-state index contributed by atoms with van der Waals surface area (Å²) in [5.74, 6) is 0.463. The first-order chi connectivity index (χ1) is 12.2. The van der Waals surface area contributed by atoms with E-state index in [-0.39, 0.29) is 17.7 Å². The van der Waals surface area contributed by atoms with Gasteiger partial charge in [-0.2, -0.15) is 0 Å². The van der Waals surface area contributed by atoms with Crippen LogP contribution in [0.15, 0.2) is 30.3 Å². The van der Waals surface area contributed by atoms with Crippen molar-refractivity contribution in [3.8, 4) is 0 Å². The third kappa shape index (κ3) is 3.30. The molecule has 5 nitrogen and oxygen atoms in total. The molecule has 25 heavy (non-hydrogen) atoms. The maximum absolute atomic E-state index is 12.8. The predicted molar refractivity (Wildman–Crippen MR) is 95.8 cm³/mol. The summed E-state index contributed by atoms with van der Waals surface area (Å²) in [5.41, 5.74) is 1.33. The first-order valence-electron chi connectivity index (χ1n) is 9.60. The number of benzene rings is 1. The molecule has 0 aliphatic carbocycles. The predicted octanol–water partition coefficient (Wildman–Crippen LogP) is 1.95. The van der Waals surface area contributed by atoms with E-state index < -0.39 is 0 Å². The lowest BCUT2D eigenvalue weighted by Crippen LogP contribution is -2.41. The van der Waals surface area contributed by atoms with E-state index >= 15 is 0 Å². The molecule has 1 N–H and O–H groups in total. The summed E-state index contributed by atoms with van der Waals surface area (Å²) in [4.78, 5) is 28.8. The normalized spacial score (nSPS) is 29.2. The van der Waals surface area contributed by atoms with Crippen LogP contribution in [0.2, 0.25) is 0 Å². The van der Waals surface area contributed by atoms with Crippen LogP contribution in [0.3, 0.4) is 0 Å². The molecule has 0 spiro atoms. The molecule has 4 rings (SSSR count). The average molecular weight is 341 g/mol. The van der Waals surface area contributed by atoms with Crippen LogP contribution in [-0.2, 0) is 9.59 Å². The molecule has 0 bridgehead atoms. The summed E-state index contributed by atoms with van der Waals surface area (Å²) in [7, 11) is 0. The van der Waals surface area contributed by atoms with E-state index in [2.05, 4.69) is 34.5 Å². The number of nitrogens with one attached hydrogen (secondary N) is 1. The lowest BCUT2D eigenvalue weighted by atomic mass is 9.93. The summed E-state index contributed by atoms with van der Waals surface area (Å²) in [6.45, 7) is 3.15. The van der Waals surface area contributed by atoms with Gasteiger partial charge in [-0.05, 0) is 37.8 Å². The number of nitrogens with zero attached hydrogens (tertiary/aromatic N) is 2. The average Bonchev–Trinajstić information content (AvgIpc) is 3.32. The van der Waals surface area contributed by atoms with Crippen LogP contribution >= 0.6 is 0 Å². The Hall–Kier alpha value is -1.88. The molecule has 0 aromatic heterocycles. The molecule has 134 valence electrons. The van der Waals surface area contributed by atoms with E-state index in [1.54, 1.807) is 0 Å². The fraction of sp³-hybridized carbons (Fsp3) is 0.600. The first-order valence-corrected chi connectivity index (χ1v) is 9.60. The van der Waals surface area contributed by atoms with Crippen LogP contribution in [0, 0.1) is 5.92 Å². The maximum atomic E-state index is 12.8. The van der Waals surface area contributed by atoms with Crippen LogP contribution in [0.1, 0.15) is 43.7 Å². The van der Waals surface area contributed by atoms with Crippen molar-refractivity contribution in [1.29, 1.82) is 0 Å². The van der Waals surface area contributed by atoms with Crippen molar-refractivity contribution >= 4 is 11.8 Å². The fourth-order valence-electron chi connectivity index (χ4n) is 4.84. The zero-order valence-corrected chi connectivity index (χ0v) is 14.7. The highest BCUT2D eigenvalue weighted by Gasteiger charge is 2.46. The Labute approximate surface area is 149 Å². The Balaban J connectivity index is 1.36. The molecule has 3 heterocycles. The van der Waals surface area contributed by atoms with Crippen molar-refractivity contribution in [2.45, 2.75) is 44.2 Å². The molecular weight excluding hydrogens is 314 g/mol. The summed E-state index contributed by atoms with van der Waals surface area (Å²) in [6, 6.07) is 11.3. The van der Waals surface area contributed by atoms with Crippen LogP contribution in [0.5, 0.6) is 0 Å². The lowest BCUT2D eigenvalue weighted by molar-refractivity contribution is -0.129. The molecular formula is C20H27N3O2. The smallest absolute Gasteiger partial charge is 0.224 e. The molecule has 1 aromatic carbocycles. The number of hydrogen-bond acceptors (Lipinski definition) is 3. The highest BCUT2D eigenvalue weighted by molar-refractivity contribution is 5.80. The third-order valence-electron chi connectivity index (χ3n) is 6.06. The second kappa shape index (κ2) is 7.16. The number of amides is 2. The van der Waals surface area contributed by atoms with Crippen molar-refractivity contribution in [2.24, 2.45) is 5.92 Å². The fourth-order valence-corrected chi connectivity index (χ4v) is 4.84. The number of carbonyl (C=O) groups is 2. The van der Waals surface area contributed by atoms with Crippen LogP contribution in [-0.4, -0.2) is 53.8 Å². The van der Waals surface area contributed by atoms with Gasteiger partial charge in [0.2, 0.25) is 11.8 Å². The molecule has 1 aromatic rings. The van der Waals surface area contributed by atoms with E-state index in [1.165, 1.54) is 12.0 Å². The van der Waals surface area contributed by atoms with Gasteiger partial charge in [0.25, 0.3) is 0 Å². The molecule has 3 saturated heterocycles. The lowest BCUT2D eigenvalue weighted by Gasteiger charge is -2.24. The summed E-state index contributed by atoms with van der Waals surface area (Å²) in [5, 5.41) is 3.10. The van der Waals surface area contributed by atoms with Gasteiger partial charge < -0.3 is 10.2 Å².